The zero-order valence-electron chi connectivity index (χ0n) is 16.5. The SMILES string of the molecule is O=C(CN1CCN(c2cc(=O)[nH]c3ccc(F)cc23)CC1)Nc1ccc([N+](=O)[O-])cc1. The maximum absolute atomic E-state index is 13.7. The molecule has 1 saturated heterocycles. The summed E-state index contributed by atoms with van der Waals surface area (Å²) in [4.78, 5) is 41.2. The number of nitrogens with one attached hydrogen (secondary N) is 2. The minimum Gasteiger partial charge on any atom is -0.368 e. The lowest BCUT2D eigenvalue weighted by Gasteiger charge is -2.36. The number of pyridine rings is 1. The van der Waals surface area contributed by atoms with Crippen LogP contribution >= 0.6 is 0 Å². The summed E-state index contributed by atoms with van der Waals surface area (Å²) in [6.45, 7) is 2.53. The molecule has 1 aliphatic heterocycles. The molecule has 1 amide bonds. The van der Waals surface area contributed by atoms with E-state index in [-0.39, 0.29) is 29.5 Å². The van der Waals surface area contributed by atoms with Crippen molar-refractivity contribution in [2.24, 2.45) is 0 Å². The van der Waals surface area contributed by atoms with Crippen molar-refractivity contribution >= 4 is 33.9 Å². The average Bonchev–Trinajstić information content (AvgIpc) is 2.74. The number of carbonyl (C=O) groups is 1. The second kappa shape index (κ2) is 8.52. The van der Waals surface area contributed by atoms with E-state index in [1.165, 1.54) is 42.5 Å². The number of anilines is 2. The quantitative estimate of drug-likeness (QED) is 0.479. The van der Waals surface area contributed by atoms with Gasteiger partial charge in [0, 0.05) is 55.5 Å². The van der Waals surface area contributed by atoms with Crippen molar-refractivity contribution in [3.05, 3.63) is 74.8 Å². The lowest BCUT2D eigenvalue weighted by atomic mass is 10.1. The van der Waals surface area contributed by atoms with Crippen LogP contribution in [0.5, 0.6) is 0 Å². The summed E-state index contributed by atoms with van der Waals surface area (Å²) < 4.78 is 13.7. The third-order valence-corrected chi connectivity index (χ3v) is 5.23. The summed E-state index contributed by atoms with van der Waals surface area (Å²) in [6.07, 6.45) is 0. The van der Waals surface area contributed by atoms with Crippen LogP contribution in [-0.2, 0) is 4.79 Å². The predicted molar refractivity (Wildman–Crippen MR) is 115 cm³/mol. The van der Waals surface area contributed by atoms with Gasteiger partial charge in [-0.05, 0) is 30.3 Å². The van der Waals surface area contributed by atoms with Gasteiger partial charge in [-0.1, -0.05) is 0 Å². The number of nitro benzene ring substituents is 1. The van der Waals surface area contributed by atoms with Crippen LogP contribution in [0.15, 0.2) is 53.3 Å². The van der Waals surface area contributed by atoms with Crippen LogP contribution in [0.25, 0.3) is 10.9 Å². The highest BCUT2D eigenvalue weighted by Crippen LogP contribution is 2.25. The lowest BCUT2D eigenvalue weighted by Crippen LogP contribution is -2.49. The van der Waals surface area contributed by atoms with Gasteiger partial charge in [-0.25, -0.2) is 4.39 Å². The van der Waals surface area contributed by atoms with Crippen LogP contribution in [0.1, 0.15) is 0 Å². The first kappa shape index (κ1) is 20.5. The maximum Gasteiger partial charge on any atom is 0.269 e. The zero-order chi connectivity index (χ0) is 22.0. The number of H-pyrrole nitrogens is 1. The van der Waals surface area contributed by atoms with E-state index >= 15 is 0 Å². The molecule has 0 atom stereocenters. The van der Waals surface area contributed by atoms with Crippen LogP contribution in [0, 0.1) is 15.9 Å². The second-order valence-corrected chi connectivity index (χ2v) is 7.32. The minimum absolute atomic E-state index is 0.0405. The Labute approximate surface area is 176 Å². The smallest absolute Gasteiger partial charge is 0.269 e. The molecule has 160 valence electrons. The number of non-ortho nitro benzene ring substituents is 1. The standard InChI is InChI=1S/C21H20FN5O4/c22-14-1-6-18-17(11-14)19(12-20(28)24-18)26-9-7-25(8-10-26)13-21(29)23-15-2-4-16(5-3-15)27(30)31/h1-6,11-12H,7-10,13H2,(H,23,29)(H,24,28). The van der Waals surface area contributed by atoms with Gasteiger partial charge in [0.25, 0.3) is 5.69 Å². The molecule has 31 heavy (non-hydrogen) atoms. The van der Waals surface area contributed by atoms with E-state index in [1.807, 2.05) is 9.80 Å². The molecule has 0 aliphatic carbocycles. The molecule has 0 bridgehead atoms. The van der Waals surface area contributed by atoms with Crippen LogP contribution in [0.2, 0.25) is 0 Å². The molecule has 4 rings (SSSR count). The van der Waals surface area contributed by atoms with Gasteiger partial charge in [-0.15, -0.1) is 0 Å². The predicted octanol–water partition coefficient (Wildman–Crippen LogP) is 2.34. The number of aromatic amines is 1. The van der Waals surface area contributed by atoms with Gasteiger partial charge >= 0.3 is 0 Å². The number of benzene rings is 2. The number of hydrogen-bond acceptors (Lipinski definition) is 6. The molecule has 9 nitrogen and oxygen atoms in total. The highest BCUT2D eigenvalue weighted by molar-refractivity contribution is 5.93. The summed E-state index contributed by atoms with van der Waals surface area (Å²) in [7, 11) is 0. The van der Waals surface area contributed by atoms with Crippen molar-refractivity contribution in [1.29, 1.82) is 0 Å². The molecule has 2 N–H and O–H groups in total. The van der Waals surface area contributed by atoms with Gasteiger partial charge in [-0.3, -0.25) is 24.6 Å². The molecule has 1 aromatic heterocycles. The fraction of sp³-hybridized carbons (Fsp3) is 0.238. The number of amides is 1. The van der Waals surface area contributed by atoms with Gasteiger partial charge in [-0.2, -0.15) is 0 Å². The Morgan fingerprint density at radius 1 is 1.10 bits per heavy atom. The summed E-state index contributed by atoms with van der Waals surface area (Å²) in [5.74, 6) is -0.590. The Hall–Kier alpha value is -3.79. The Bertz CT molecular complexity index is 1190. The van der Waals surface area contributed by atoms with E-state index in [2.05, 4.69) is 10.3 Å². The first-order chi connectivity index (χ1) is 14.9. The molecular formula is C21H20FN5O4. The summed E-state index contributed by atoms with van der Waals surface area (Å²) in [5, 5.41) is 14.1. The molecule has 0 spiro atoms. The first-order valence-electron chi connectivity index (χ1n) is 9.73. The molecule has 1 aliphatic rings. The third kappa shape index (κ3) is 4.69. The number of rotatable bonds is 5. The number of nitro groups is 1. The number of aromatic nitrogens is 1. The van der Waals surface area contributed by atoms with Crippen molar-refractivity contribution in [3.8, 4) is 0 Å². The molecule has 0 radical (unpaired) electrons. The summed E-state index contributed by atoms with van der Waals surface area (Å²) in [6, 6.07) is 11.4. The van der Waals surface area contributed by atoms with Gasteiger partial charge in [0.1, 0.15) is 5.82 Å². The molecule has 2 heterocycles. The van der Waals surface area contributed by atoms with Crippen LogP contribution in [-0.4, -0.2) is 53.4 Å². The number of piperazine rings is 1. The highest BCUT2D eigenvalue weighted by Gasteiger charge is 2.21. The molecular weight excluding hydrogens is 405 g/mol. The van der Waals surface area contributed by atoms with Crippen molar-refractivity contribution in [2.75, 3.05) is 42.9 Å². The van der Waals surface area contributed by atoms with E-state index in [0.717, 1.165) is 0 Å². The van der Waals surface area contributed by atoms with E-state index < -0.39 is 4.92 Å². The van der Waals surface area contributed by atoms with E-state index in [4.69, 9.17) is 0 Å². The van der Waals surface area contributed by atoms with Crippen molar-refractivity contribution in [2.45, 2.75) is 0 Å². The molecule has 10 heteroatoms. The summed E-state index contributed by atoms with van der Waals surface area (Å²) >= 11 is 0. The number of hydrogen-bond donors (Lipinski definition) is 2. The van der Waals surface area contributed by atoms with Crippen LogP contribution in [0.3, 0.4) is 0 Å². The zero-order valence-corrected chi connectivity index (χ0v) is 16.5. The van der Waals surface area contributed by atoms with Gasteiger partial charge in [0.15, 0.2) is 0 Å². The number of carbonyl (C=O) groups excluding carboxylic acids is 1. The highest BCUT2D eigenvalue weighted by atomic mass is 19.1. The molecule has 1 fully saturated rings. The fourth-order valence-corrected chi connectivity index (χ4v) is 3.69. The average molecular weight is 425 g/mol. The van der Waals surface area contributed by atoms with Crippen molar-refractivity contribution < 1.29 is 14.1 Å². The maximum atomic E-state index is 13.7. The fourth-order valence-electron chi connectivity index (χ4n) is 3.69. The van der Waals surface area contributed by atoms with Crippen molar-refractivity contribution in [3.63, 3.8) is 0 Å². The number of fused-ring (bicyclic) bond motifs is 1. The Balaban J connectivity index is 1.37. The first-order valence-corrected chi connectivity index (χ1v) is 9.73. The monoisotopic (exact) mass is 425 g/mol. The molecule has 0 unspecified atom stereocenters. The topological polar surface area (TPSA) is 112 Å². The largest absolute Gasteiger partial charge is 0.368 e. The van der Waals surface area contributed by atoms with E-state index in [0.29, 0.717) is 48.5 Å². The normalized spacial score (nSPS) is 14.5. The van der Waals surface area contributed by atoms with Crippen LogP contribution < -0.4 is 15.8 Å². The summed E-state index contributed by atoms with van der Waals surface area (Å²) in [5.41, 5.74) is 1.45. The van der Waals surface area contributed by atoms with Crippen molar-refractivity contribution in [1.82, 2.24) is 9.88 Å². The second-order valence-electron chi connectivity index (χ2n) is 7.32. The number of nitrogens with zero attached hydrogens (tertiary/aromatic N) is 3. The van der Waals surface area contributed by atoms with E-state index in [9.17, 15) is 24.1 Å². The molecule has 3 aromatic rings. The molecule has 2 aromatic carbocycles. The van der Waals surface area contributed by atoms with Gasteiger partial charge in [0.05, 0.1) is 22.7 Å². The van der Waals surface area contributed by atoms with Gasteiger partial charge in [0.2, 0.25) is 11.5 Å². The third-order valence-electron chi connectivity index (χ3n) is 5.23. The lowest BCUT2D eigenvalue weighted by molar-refractivity contribution is -0.384. The van der Waals surface area contributed by atoms with Gasteiger partial charge < -0.3 is 15.2 Å². The number of halogens is 1. The van der Waals surface area contributed by atoms with Crippen LogP contribution in [0.4, 0.5) is 21.5 Å². The Morgan fingerprint density at radius 2 is 1.81 bits per heavy atom. The Kier molecular flexibility index (Phi) is 5.63. The Morgan fingerprint density at radius 3 is 2.48 bits per heavy atom. The minimum atomic E-state index is -0.497. The van der Waals surface area contributed by atoms with E-state index in [1.54, 1.807) is 6.07 Å². The molecule has 0 saturated carbocycles.